The molecule has 0 spiro atoms. The Hall–Kier alpha value is -2.32. The lowest BCUT2D eigenvalue weighted by molar-refractivity contribution is -0.133. The Morgan fingerprint density at radius 1 is 1.48 bits per heavy atom. The summed E-state index contributed by atoms with van der Waals surface area (Å²) < 4.78 is 10.0. The fraction of sp³-hybridized carbons (Fsp3) is 0.375. The molecular formula is C16H17NO4. The topological polar surface area (TPSA) is 68.1 Å². The second kappa shape index (κ2) is 6.91. The van der Waals surface area contributed by atoms with Crippen molar-refractivity contribution in [2.24, 2.45) is 10.9 Å². The molecule has 21 heavy (non-hydrogen) atoms. The Morgan fingerprint density at radius 2 is 2.24 bits per heavy atom. The summed E-state index contributed by atoms with van der Waals surface area (Å²) in [5.74, 6) is 6.21. The number of aliphatic imine (C=N–C) groups is 1. The number of methoxy groups -OCH3 is 1. The van der Waals surface area contributed by atoms with Gasteiger partial charge in [0.1, 0.15) is 12.5 Å². The van der Waals surface area contributed by atoms with Gasteiger partial charge in [0.15, 0.2) is 0 Å². The van der Waals surface area contributed by atoms with E-state index in [-0.39, 0.29) is 5.90 Å². The second-order valence-electron chi connectivity index (χ2n) is 4.72. The summed E-state index contributed by atoms with van der Waals surface area (Å²) in [4.78, 5) is 15.1. The highest BCUT2D eigenvalue weighted by atomic mass is 16.6. The molecule has 0 radical (unpaired) electrons. The van der Waals surface area contributed by atoms with E-state index in [0.29, 0.717) is 11.7 Å². The van der Waals surface area contributed by atoms with Crippen molar-refractivity contribution in [2.45, 2.75) is 19.8 Å². The zero-order valence-electron chi connectivity index (χ0n) is 12.0. The quantitative estimate of drug-likeness (QED) is 0.389. The van der Waals surface area contributed by atoms with Gasteiger partial charge in [-0.25, -0.2) is 9.79 Å². The zero-order chi connectivity index (χ0) is 15.2. The number of hydrogen-bond donors (Lipinski definition) is 1. The van der Waals surface area contributed by atoms with Gasteiger partial charge in [0, 0.05) is 11.5 Å². The highest BCUT2D eigenvalue weighted by molar-refractivity contribution is 6.33. The first kappa shape index (κ1) is 15.1. The monoisotopic (exact) mass is 287 g/mol. The third-order valence-corrected chi connectivity index (χ3v) is 2.97. The molecule has 1 aliphatic rings. The molecule has 1 aromatic carbocycles. The number of carbonyl (C=O) groups is 1. The number of rotatable bonds is 2. The minimum Gasteiger partial charge on any atom is -0.462 e. The van der Waals surface area contributed by atoms with Crippen molar-refractivity contribution in [1.29, 1.82) is 0 Å². The molecule has 2 rings (SSSR count). The first-order valence-electron chi connectivity index (χ1n) is 6.67. The molecule has 1 aromatic rings. The van der Waals surface area contributed by atoms with Crippen LogP contribution in [-0.2, 0) is 9.53 Å². The maximum absolute atomic E-state index is 11.5. The van der Waals surface area contributed by atoms with Gasteiger partial charge in [0.05, 0.1) is 7.11 Å². The normalized spacial score (nSPS) is 14.1. The lowest BCUT2D eigenvalue weighted by Crippen LogP contribution is -2.23. The fourth-order valence-corrected chi connectivity index (χ4v) is 1.60. The van der Waals surface area contributed by atoms with Gasteiger partial charge in [-0.05, 0) is 37.5 Å². The predicted octanol–water partition coefficient (Wildman–Crippen LogP) is 1.66. The number of ether oxygens (including phenoxy) is 2. The van der Waals surface area contributed by atoms with Gasteiger partial charge >= 0.3 is 11.9 Å². The lowest BCUT2D eigenvalue weighted by atomic mass is 10.1. The van der Waals surface area contributed by atoms with Gasteiger partial charge in [-0.3, -0.25) is 0 Å². The van der Waals surface area contributed by atoms with Crippen LogP contribution in [0.4, 0.5) is 0 Å². The van der Waals surface area contributed by atoms with E-state index in [1.165, 1.54) is 7.11 Å². The second-order valence-corrected chi connectivity index (χ2v) is 4.72. The van der Waals surface area contributed by atoms with E-state index in [4.69, 9.17) is 9.84 Å². The van der Waals surface area contributed by atoms with E-state index in [0.717, 1.165) is 24.0 Å². The van der Waals surface area contributed by atoms with Crippen molar-refractivity contribution in [3.63, 3.8) is 0 Å². The average Bonchev–Trinajstić information content (AvgIpc) is 3.30. The molecule has 1 aliphatic carbocycles. The van der Waals surface area contributed by atoms with E-state index >= 15 is 0 Å². The third kappa shape index (κ3) is 4.33. The summed E-state index contributed by atoms with van der Waals surface area (Å²) in [6.07, 6.45) is 2.33. The zero-order valence-corrected chi connectivity index (χ0v) is 12.0. The van der Waals surface area contributed by atoms with Crippen LogP contribution in [0.15, 0.2) is 23.2 Å². The number of carbonyl (C=O) groups excluding carboxylic acids is 1. The van der Waals surface area contributed by atoms with Crippen molar-refractivity contribution < 1.29 is 19.4 Å². The highest BCUT2D eigenvalue weighted by Gasteiger charge is 2.18. The Bertz CT molecular complexity index is 621. The summed E-state index contributed by atoms with van der Waals surface area (Å²) in [7, 11) is 1.23. The molecule has 0 aliphatic heterocycles. The summed E-state index contributed by atoms with van der Waals surface area (Å²) >= 11 is 0. The van der Waals surface area contributed by atoms with Gasteiger partial charge in [-0.1, -0.05) is 17.9 Å². The number of aliphatic hydroxyl groups excluding tert-OH is 1. The molecular weight excluding hydrogens is 270 g/mol. The number of esters is 1. The Labute approximate surface area is 123 Å². The predicted molar refractivity (Wildman–Crippen MR) is 77.9 cm³/mol. The summed E-state index contributed by atoms with van der Waals surface area (Å²) in [5, 5.41) is 8.84. The van der Waals surface area contributed by atoms with Crippen LogP contribution in [0.2, 0.25) is 0 Å². The number of aliphatic hydroxyl groups is 1. The van der Waals surface area contributed by atoms with E-state index in [2.05, 4.69) is 21.6 Å². The number of hydrogen-bond acceptors (Lipinski definition) is 5. The van der Waals surface area contributed by atoms with Crippen molar-refractivity contribution in [1.82, 2.24) is 0 Å². The van der Waals surface area contributed by atoms with Crippen molar-refractivity contribution in [3.8, 4) is 17.6 Å². The van der Waals surface area contributed by atoms with Gasteiger partial charge in [0.2, 0.25) is 0 Å². The maximum Gasteiger partial charge on any atom is 0.394 e. The average molecular weight is 287 g/mol. The minimum absolute atomic E-state index is 0.282. The molecule has 0 saturated heterocycles. The van der Waals surface area contributed by atoms with Gasteiger partial charge in [-0.2, -0.15) is 0 Å². The van der Waals surface area contributed by atoms with E-state index in [1.807, 2.05) is 19.1 Å². The number of benzene rings is 1. The molecule has 0 aromatic heterocycles. The van der Waals surface area contributed by atoms with Crippen LogP contribution < -0.4 is 4.74 Å². The van der Waals surface area contributed by atoms with E-state index in [1.54, 1.807) is 6.07 Å². The fourth-order valence-electron chi connectivity index (χ4n) is 1.60. The molecule has 1 saturated carbocycles. The van der Waals surface area contributed by atoms with Crippen molar-refractivity contribution in [3.05, 3.63) is 29.3 Å². The molecule has 0 heterocycles. The third-order valence-electron chi connectivity index (χ3n) is 2.97. The Kier molecular flexibility index (Phi) is 4.96. The minimum atomic E-state index is -0.738. The lowest BCUT2D eigenvalue weighted by Gasteiger charge is -2.09. The Balaban J connectivity index is 2.21. The van der Waals surface area contributed by atoms with Gasteiger partial charge < -0.3 is 14.6 Å². The SMILES string of the molecule is COC(=O)/C(=N/CO)Oc1cc(C#CC2CC2)ccc1C. The Morgan fingerprint density at radius 3 is 2.86 bits per heavy atom. The molecule has 5 heteroatoms. The van der Waals surface area contributed by atoms with Crippen molar-refractivity contribution >= 4 is 11.9 Å². The van der Waals surface area contributed by atoms with Crippen molar-refractivity contribution in [2.75, 3.05) is 13.8 Å². The van der Waals surface area contributed by atoms with E-state index in [9.17, 15) is 4.79 Å². The molecule has 0 atom stereocenters. The molecule has 110 valence electrons. The smallest absolute Gasteiger partial charge is 0.394 e. The largest absolute Gasteiger partial charge is 0.462 e. The molecule has 0 amide bonds. The van der Waals surface area contributed by atoms with Crippen LogP contribution in [0.1, 0.15) is 24.0 Å². The molecule has 0 unspecified atom stereocenters. The summed E-state index contributed by atoms with van der Waals surface area (Å²) in [5.41, 5.74) is 1.65. The van der Waals surface area contributed by atoms with Crippen LogP contribution >= 0.6 is 0 Å². The van der Waals surface area contributed by atoms with Crippen LogP contribution in [0.25, 0.3) is 0 Å². The number of nitrogens with zero attached hydrogens (tertiary/aromatic N) is 1. The van der Waals surface area contributed by atoms with Crippen LogP contribution in [0, 0.1) is 24.7 Å². The van der Waals surface area contributed by atoms with Crippen LogP contribution in [0.5, 0.6) is 5.75 Å². The highest BCUT2D eigenvalue weighted by Crippen LogP contribution is 2.28. The first-order valence-corrected chi connectivity index (χ1v) is 6.67. The molecule has 0 bridgehead atoms. The van der Waals surface area contributed by atoms with Gasteiger partial charge in [-0.15, -0.1) is 0 Å². The van der Waals surface area contributed by atoms with Gasteiger partial charge in [0.25, 0.3) is 0 Å². The molecule has 5 nitrogen and oxygen atoms in total. The van der Waals surface area contributed by atoms with Crippen LogP contribution in [-0.4, -0.2) is 30.8 Å². The number of aryl methyl sites for hydroxylation is 1. The molecule has 1 N–H and O–H groups in total. The van der Waals surface area contributed by atoms with E-state index < -0.39 is 12.7 Å². The van der Waals surface area contributed by atoms with Crippen LogP contribution in [0.3, 0.4) is 0 Å². The summed E-state index contributed by atoms with van der Waals surface area (Å²) in [6, 6.07) is 5.51. The first-order chi connectivity index (χ1) is 10.1. The molecule has 1 fully saturated rings. The summed E-state index contributed by atoms with van der Waals surface area (Å²) in [6.45, 7) is 1.30. The standard InChI is InChI=1S/C16H17NO4/c1-11-3-4-13(8-7-12-5-6-12)9-14(11)21-15(17-10-18)16(19)20-2/h3-4,9,12,18H,5-6,10H2,1-2H3/b17-15-. The maximum atomic E-state index is 11.5.